The smallest absolute Gasteiger partial charge is 0.282 e. The predicted octanol–water partition coefficient (Wildman–Crippen LogP) is 0.406. The molecule has 0 fully saturated rings. The summed E-state index contributed by atoms with van der Waals surface area (Å²) < 4.78 is 4.70. The molecule has 0 saturated heterocycles. The Kier molecular flexibility index (Phi) is 4.56. The first-order chi connectivity index (χ1) is 7.66. The number of hydrogen-bond acceptors (Lipinski definition) is 5. The third-order valence-corrected chi connectivity index (χ3v) is 1.80. The highest BCUT2D eigenvalue weighted by Gasteiger charge is 2.15. The first-order valence-corrected chi connectivity index (χ1v) is 4.59. The van der Waals surface area contributed by atoms with E-state index in [4.69, 9.17) is 9.57 Å². The molecule has 1 aromatic carbocycles. The van der Waals surface area contributed by atoms with Crippen LogP contribution in [0.4, 0.5) is 0 Å². The van der Waals surface area contributed by atoms with Crippen LogP contribution in [0.5, 0.6) is 11.5 Å². The first kappa shape index (κ1) is 12.3. The second-order valence-corrected chi connectivity index (χ2v) is 2.94. The molecular formula is C10H13NO5. The Bertz CT molecular complexity index is 346. The summed E-state index contributed by atoms with van der Waals surface area (Å²) in [4.78, 5) is 16.2. The third-order valence-electron chi connectivity index (χ3n) is 1.80. The van der Waals surface area contributed by atoms with Crippen molar-refractivity contribution in [2.45, 2.75) is 0 Å². The molecule has 0 aromatic heterocycles. The SMILES string of the molecule is COCCONC(=O)c1c(O)cccc1O. The molecule has 0 saturated carbocycles. The largest absolute Gasteiger partial charge is 0.507 e. The maximum absolute atomic E-state index is 11.5. The number of hydrogen-bond donors (Lipinski definition) is 3. The summed E-state index contributed by atoms with van der Waals surface area (Å²) in [5, 5.41) is 18.7. The van der Waals surface area contributed by atoms with Crippen LogP contribution in [0, 0.1) is 0 Å². The van der Waals surface area contributed by atoms with E-state index < -0.39 is 5.91 Å². The van der Waals surface area contributed by atoms with E-state index in [0.717, 1.165) is 0 Å². The van der Waals surface area contributed by atoms with Gasteiger partial charge in [-0.05, 0) is 12.1 Å². The van der Waals surface area contributed by atoms with Crippen molar-refractivity contribution >= 4 is 5.91 Å². The van der Waals surface area contributed by atoms with Gasteiger partial charge in [0.05, 0.1) is 13.2 Å². The minimum absolute atomic E-state index is 0.177. The van der Waals surface area contributed by atoms with Crippen molar-refractivity contribution in [3.63, 3.8) is 0 Å². The molecule has 0 bridgehead atoms. The highest BCUT2D eigenvalue weighted by molar-refractivity contribution is 5.98. The summed E-state index contributed by atoms with van der Waals surface area (Å²) in [5.74, 6) is -1.34. The fourth-order valence-corrected chi connectivity index (χ4v) is 1.05. The number of rotatable bonds is 5. The third kappa shape index (κ3) is 3.11. The molecule has 6 nitrogen and oxygen atoms in total. The van der Waals surface area contributed by atoms with Gasteiger partial charge in [-0.1, -0.05) is 6.07 Å². The Hall–Kier alpha value is -1.79. The number of methoxy groups -OCH3 is 1. The molecule has 88 valence electrons. The van der Waals surface area contributed by atoms with Crippen molar-refractivity contribution in [1.29, 1.82) is 0 Å². The number of phenolic OH excluding ortho intramolecular Hbond substituents is 2. The lowest BCUT2D eigenvalue weighted by molar-refractivity contribution is 0.00860. The number of benzene rings is 1. The Morgan fingerprint density at radius 3 is 2.50 bits per heavy atom. The summed E-state index contributed by atoms with van der Waals surface area (Å²) in [6, 6.07) is 4.01. The van der Waals surface area contributed by atoms with E-state index >= 15 is 0 Å². The molecule has 16 heavy (non-hydrogen) atoms. The molecule has 0 radical (unpaired) electrons. The number of phenols is 2. The fraction of sp³-hybridized carbons (Fsp3) is 0.300. The molecule has 0 spiro atoms. The van der Waals surface area contributed by atoms with Gasteiger partial charge in [0.1, 0.15) is 17.1 Å². The van der Waals surface area contributed by atoms with Gasteiger partial charge in [-0.15, -0.1) is 0 Å². The first-order valence-electron chi connectivity index (χ1n) is 4.59. The number of carbonyl (C=O) groups is 1. The average molecular weight is 227 g/mol. The summed E-state index contributed by atoms with van der Waals surface area (Å²) in [6.45, 7) is 0.504. The minimum Gasteiger partial charge on any atom is -0.507 e. The molecule has 1 rings (SSSR count). The highest BCUT2D eigenvalue weighted by atomic mass is 16.7. The summed E-state index contributed by atoms with van der Waals surface area (Å²) in [6.07, 6.45) is 0. The fourth-order valence-electron chi connectivity index (χ4n) is 1.05. The molecule has 0 aliphatic carbocycles. The van der Waals surface area contributed by atoms with Gasteiger partial charge in [0, 0.05) is 7.11 Å². The van der Waals surface area contributed by atoms with E-state index in [-0.39, 0.29) is 23.7 Å². The van der Waals surface area contributed by atoms with E-state index in [1.54, 1.807) is 0 Å². The molecule has 3 N–H and O–H groups in total. The van der Waals surface area contributed by atoms with Gasteiger partial charge in [0.2, 0.25) is 0 Å². The number of amides is 1. The van der Waals surface area contributed by atoms with Gasteiger partial charge >= 0.3 is 0 Å². The summed E-state index contributed by atoms with van der Waals surface area (Å²) >= 11 is 0. The van der Waals surface area contributed by atoms with Crippen molar-refractivity contribution in [1.82, 2.24) is 5.48 Å². The maximum Gasteiger partial charge on any atom is 0.282 e. The lowest BCUT2D eigenvalue weighted by atomic mass is 10.1. The number of ether oxygens (including phenoxy) is 1. The molecular weight excluding hydrogens is 214 g/mol. The number of aromatic hydroxyl groups is 2. The lowest BCUT2D eigenvalue weighted by Crippen LogP contribution is -2.25. The van der Waals surface area contributed by atoms with E-state index in [9.17, 15) is 15.0 Å². The zero-order valence-corrected chi connectivity index (χ0v) is 8.77. The molecule has 0 heterocycles. The second-order valence-electron chi connectivity index (χ2n) is 2.94. The Morgan fingerprint density at radius 1 is 1.31 bits per heavy atom. The van der Waals surface area contributed by atoms with Crippen molar-refractivity contribution in [3.8, 4) is 11.5 Å². The quantitative estimate of drug-likeness (QED) is 0.500. The topological polar surface area (TPSA) is 88.0 Å². The van der Waals surface area contributed by atoms with Crippen LogP contribution >= 0.6 is 0 Å². The average Bonchev–Trinajstić information content (AvgIpc) is 2.24. The zero-order valence-electron chi connectivity index (χ0n) is 8.77. The van der Waals surface area contributed by atoms with Crippen molar-refractivity contribution in [2.24, 2.45) is 0 Å². The molecule has 0 aliphatic heterocycles. The second kappa shape index (κ2) is 5.94. The highest BCUT2D eigenvalue weighted by Crippen LogP contribution is 2.25. The van der Waals surface area contributed by atoms with Gasteiger partial charge < -0.3 is 14.9 Å². The maximum atomic E-state index is 11.5. The molecule has 0 unspecified atom stereocenters. The van der Waals surface area contributed by atoms with E-state index in [1.165, 1.54) is 25.3 Å². The van der Waals surface area contributed by atoms with Crippen LogP contribution in [0.3, 0.4) is 0 Å². The standard InChI is InChI=1S/C10H13NO5/c1-15-5-6-16-11-10(14)9-7(12)3-2-4-8(9)13/h2-4,12-13H,5-6H2,1H3,(H,11,14). The van der Waals surface area contributed by atoms with Crippen LogP contribution < -0.4 is 5.48 Å². The van der Waals surface area contributed by atoms with Gasteiger partial charge in [-0.2, -0.15) is 0 Å². The molecule has 6 heteroatoms. The Labute approximate surface area is 92.4 Å². The predicted molar refractivity (Wildman–Crippen MR) is 55.1 cm³/mol. The summed E-state index contributed by atoms with van der Waals surface area (Å²) in [7, 11) is 1.50. The van der Waals surface area contributed by atoms with Gasteiger partial charge in [-0.25, -0.2) is 5.48 Å². The van der Waals surface area contributed by atoms with Crippen LogP contribution in [-0.4, -0.2) is 36.4 Å². The van der Waals surface area contributed by atoms with Gasteiger partial charge in [0.15, 0.2) is 0 Å². The Balaban J connectivity index is 2.59. The number of nitrogens with one attached hydrogen (secondary N) is 1. The molecule has 1 amide bonds. The van der Waals surface area contributed by atoms with Crippen molar-refractivity contribution < 1.29 is 24.6 Å². The van der Waals surface area contributed by atoms with Crippen LogP contribution in [-0.2, 0) is 9.57 Å². The monoisotopic (exact) mass is 227 g/mol. The number of hydroxylamine groups is 1. The lowest BCUT2D eigenvalue weighted by Gasteiger charge is -2.08. The normalized spacial score (nSPS) is 10.1. The molecule has 0 aliphatic rings. The van der Waals surface area contributed by atoms with Gasteiger partial charge in [0.25, 0.3) is 5.91 Å². The summed E-state index contributed by atoms with van der Waals surface area (Å²) in [5.41, 5.74) is 1.85. The Morgan fingerprint density at radius 2 is 1.94 bits per heavy atom. The van der Waals surface area contributed by atoms with E-state index in [2.05, 4.69) is 5.48 Å². The van der Waals surface area contributed by atoms with Crippen LogP contribution in [0.1, 0.15) is 10.4 Å². The molecule has 0 atom stereocenters. The van der Waals surface area contributed by atoms with Gasteiger partial charge in [-0.3, -0.25) is 9.63 Å². The van der Waals surface area contributed by atoms with Crippen LogP contribution in [0.25, 0.3) is 0 Å². The number of carbonyl (C=O) groups excluding carboxylic acids is 1. The van der Waals surface area contributed by atoms with Crippen molar-refractivity contribution in [3.05, 3.63) is 23.8 Å². The molecule has 1 aromatic rings. The van der Waals surface area contributed by atoms with Crippen LogP contribution in [0.2, 0.25) is 0 Å². The van der Waals surface area contributed by atoms with Crippen molar-refractivity contribution in [2.75, 3.05) is 20.3 Å². The van der Waals surface area contributed by atoms with E-state index in [0.29, 0.717) is 6.61 Å². The van der Waals surface area contributed by atoms with Crippen LogP contribution in [0.15, 0.2) is 18.2 Å². The van der Waals surface area contributed by atoms with E-state index in [1.807, 2.05) is 0 Å². The zero-order chi connectivity index (χ0) is 12.0. The minimum atomic E-state index is -0.716.